The maximum absolute atomic E-state index is 4.09. The van der Waals surface area contributed by atoms with Crippen molar-refractivity contribution in [3.8, 4) is 11.1 Å². The lowest BCUT2D eigenvalue weighted by Gasteiger charge is -2.01. The second kappa shape index (κ2) is 4.84. The Morgan fingerprint density at radius 2 is 1.71 bits per heavy atom. The summed E-state index contributed by atoms with van der Waals surface area (Å²) in [5, 5.41) is 2.17. The molecule has 2 aromatic carbocycles. The van der Waals surface area contributed by atoms with E-state index in [1.807, 2.05) is 25.1 Å². The molecule has 0 aliphatic rings. The Balaban J connectivity index is 2.53. The van der Waals surface area contributed by atoms with Crippen molar-refractivity contribution in [2.24, 2.45) is 0 Å². The highest BCUT2D eigenvalue weighted by Crippen LogP contribution is 2.15. The van der Waals surface area contributed by atoms with Gasteiger partial charge >= 0.3 is 0 Å². The third-order valence-electron chi connectivity index (χ3n) is 2.65. The smallest absolute Gasteiger partial charge is 0.0178 e. The number of hydrogen-bond acceptors (Lipinski definition) is 0. The fourth-order valence-corrected chi connectivity index (χ4v) is 1.82. The highest BCUT2D eigenvalue weighted by Gasteiger charge is 1.95. The van der Waals surface area contributed by atoms with Crippen LogP contribution in [0.4, 0.5) is 0 Å². The van der Waals surface area contributed by atoms with E-state index in [4.69, 9.17) is 0 Å². The molecule has 0 atom stereocenters. The molecule has 0 bridgehead atoms. The average molecular weight is 220 g/mol. The van der Waals surface area contributed by atoms with Crippen molar-refractivity contribution in [2.45, 2.75) is 6.92 Å². The molecule has 0 amide bonds. The maximum atomic E-state index is 4.09. The molecule has 17 heavy (non-hydrogen) atoms. The molecular formula is C17H16. The lowest BCUT2D eigenvalue weighted by molar-refractivity contribution is 1.49. The first-order valence-electron chi connectivity index (χ1n) is 5.68. The van der Waals surface area contributed by atoms with Crippen molar-refractivity contribution >= 4 is 12.7 Å². The molecule has 0 unspecified atom stereocenters. The quantitative estimate of drug-likeness (QED) is 0.729. The molecule has 0 heteroatoms. The van der Waals surface area contributed by atoms with Gasteiger partial charge in [0.25, 0.3) is 0 Å². The van der Waals surface area contributed by atoms with Gasteiger partial charge in [-0.2, -0.15) is 0 Å². The Morgan fingerprint density at radius 1 is 1.00 bits per heavy atom. The Morgan fingerprint density at radius 3 is 2.29 bits per heavy atom. The molecule has 84 valence electrons. The van der Waals surface area contributed by atoms with Crippen molar-refractivity contribution in [1.29, 1.82) is 0 Å². The van der Waals surface area contributed by atoms with Gasteiger partial charge in [0, 0.05) is 0 Å². The standard InChI is InChI=1S/C17H16/c1-13(2)11-16-9-10-17(12-14(16)3)15-7-5-4-6-8-15/h4-12H,1,3H2,2H3/b16-11-. The number of hydrogen-bond donors (Lipinski definition) is 0. The monoisotopic (exact) mass is 220 g/mol. The number of allylic oxidation sites excluding steroid dienone is 1. The van der Waals surface area contributed by atoms with Crippen LogP contribution in [0.3, 0.4) is 0 Å². The first-order valence-corrected chi connectivity index (χ1v) is 5.68. The average Bonchev–Trinajstić information content (AvgIpc) is 2.32. The molecule has 0 aliphatic carbocycles. The zero-order chi connectivity index (χ0) is 12.3. The van der Waals surface area contributed by atoms with Crippen LogP contribution in [-0.4, -0.2) is 0 Å². The Bertz CT molecular complexity index is 633. The van der Waals surface area contributed by atoms with Gasteiger partial charge in [0.1, 0.15) is 0 Å². The van der Waals surface area contributed by atoms with Crippen LogP contribution >= 0.6 is 0 Å². The van der Waals surface area contributed by atoms with E-state index in [1.165, 1.54) is 11.1 Å². The van der Waals surface area contributed by atoms with Gasteiger partial charge in [0.05, 0.1) is 0 Å². The van der Waals surface area contributed by atoms with Crippen molar-refractivity contribution in [1.82, 2.24) is 0 Å². The SMILES string of the molecule is C=C(C)/C=c1/ccc(-c2ccccc2)cc1=C. The molecule has 0 N–H and O–H groups in total. The molecule has 0 heterocycles. The summed E-state index contributed by atoms with van der Waals surface area (Å²) in [4.78, 5) is 0. The van der Waals surface area contributed by atoms with Crippen LogP contribution in [0.15, 0.2) is 60.7 Å². The van der Waals surface area contributed by atoms with Gasteiger partial charge in [-0.25, -0.2) is 0 Å². The van der Waals surface area contributed by atoms with E-state index in [-0.39, 0.29) is 0 Å². The van der Waals surface area contributed by atoms with Gasteiger partial charge in [-0.1, -0.05) is 67.3 Å². The Kier molecular flexibility index (Phi) is 3.24. The third-order valence-corrected chi connectivity index (χ3v) is 2.65. The zero-order valence-electron chi connectivity index (χ0n) is 10.1. The summed E-state index contributed by atoms with van der Waals surface area (Å²) in [7, 11) is 0. The van der Waals surface area contributed by atoms with Crippen molar-refractivity contribution in [3.63, 3.8) is 0 Å². The molecule has 0 radical (unpaired) electrons. The van der Waals surface area contributed by atoms with Gasteiger partial charge in [-0.05, 0) is 34.6 Å². The topological polar surface area (TPSA) is 0 Å². The first kappa shape index (κ1) is 11.4. The van der Waals surface area contributed by atoms with E-state index in [9.17, 15) is 0 Å². The van der Waals surface area contributed by atoms with E-state index in [1.54, 1.807) is 0 Å². The lowest BCUT2D eigenvalue weighted by Crippen LogP contribution is -2.22. The van der Waals surface area contributed by atoms with Crippen LogP contribution < -0.4 is 10.4 Å². The second-order valence-electron chi connectivity index (χ2n) is 4.27. The minimum atomic E-state index is 1.04. The van der Waals surface area contributed by atoms with E-state index in [0.717, 1.165) is 16.0 Å². The lowest BCUT2D eigenvalue weighted by atomic mass is 10.0. The van der Waals surface area contributed by atoms with E-state index < -0.39 is 0 Å². The number of rotatable bonds is 2. The van der Waals surface area contributed by atoms with Gasteiger partial charge in [0.15, 0.2) is 0 Å². The summed E-state index contributed by atoms with van der Waals surface area (Å²) in [6, 6.07) is 16.7. The normalized spacial score (nSPS) is 11.5. The van der Waals surface area contributed by atoms with Crippen molar-refractivity contribution < 1.29 is 0 Å². The Hall–Kier alpha value is -2.08. The highest BCUT2D eigenvalue weighted by atomic mass is 14.0. The molecule has 0 aliphatic heterocycles. The number of benzene rings is 2. The Labute approximate surface area is 102 Å². The molecule has 0 saturated heterocycles. The van der Waals surface area contributed by atoms with Gasteiger partial charge in [0.2, 0.25) is 0 Å². The molecule has 0 nitrogen and oxygen atoms in total. The van der Waals surface area contributed by atoms with Crippen LogP contribution in [0.25, 0.3) is 23.8 Å². The van der Waals surface area contributed by atoms with Gasteiger partial charge in [-0.3, -0.25) is 0 Å². The molecule has 0 spiro atoms. The van der Waals surface area contributed by atoms with E-state index in [2.05, 4.69) is 49.6 Å². The van der Waals surface area contributed by atoms with Crippen LogP contribution in [0, 0.1) is 0 Å². The zero-order valence-corrected chi connectivity index (χ0v) is 10.1. The summed E-state index contributed by atoms with van der Waals surface area (Å²) in [5.74, 6) is 0. The van der Waals surface area contributed by atoms with Crippen molar-refractivity contribution in [3.05, 3.63) is 71.1 Å². The fourth-order valence-electron chi connectivity index (χ4n) is 1.82. The largest absolute Gasteiger partial charge is 0.0961 e. The second-order valence-corrected chi connectivity index (χ2v) is 4.27. The summed E-state index contributed by atoms with van der Waals surface area (Å²) < 4.78 is 0. The third kappa shape index (κ3) is 2.73. The molecule has 2 rings (SSSR count). The van der Waals surface area contributed by atoms with Gasteiger partial charge < -0.3 is 0 Å². The van der Waals surface area contributed by atoms with Crippen LogP contribution in [0.5, 0.6) is 0 Å². The molecule has 0 saturated carbocycles. The fraction of sp³-hybridized carbons (Fsp3) is 0.0588. The molecule has 2 aromatic rings. The molecular weight excluding hydrogens is 204 g/mol. The van der Waals surface area contributed by atoms with Crippen LogP contribution in [0.1, 0.15) is 6.92 Å². The van der Waals surface area contributed by atoms with E-state index >= 15 is 0 Å². The van der Waals surface area contributed by atoms with Gasteiger partial charge in [-0.15, -0.1) is 0 Å². The first-order chi connectivity index (χ1) is 8.16. The summed E-state index contributed by atoms with van der Waals surface area (Å²) in [6.07, 6.45) is 2.05. The minimum absolute atomic E-state index is 1.04. The summed E-state index contributed by atoms with van der Waals surface area (Å²) >= 11 is 0. The maximum Gasteiger partial charge on any atom is -0.0178 e. The highest BCUT2D eigenvalue weighted by molar-refractivity contribution is 5.63. The van der Waals surface area contributed by atoms with Crippen LogP contribution in [-0.2, 0) is 0 Å². The van der Waals surface area contributed by atoms with E-state index in [0.29, 0.717) is 0 Å². The molecule has 0 aromatic heterocycles. The molecule has 0 fully saturated rings. The predicted molar refractivity (Wildman–Crippen MR) is 75.9 cm³/mol. The summed E-state index contributed by atoms with van der Waals surface area (Å²) in [6.45, 7) is 9.97. The predicted octanol–water partition coefficient (Wildman–Crippen LogP) is 3.12. The summed E-state index contributed by atoms with van der Waals surface area (Å²) in [5.41, 5.74) is 3.47. The van der Waals surface area contributed by atoms with Crippen LogP contribution in [0.2, 0.25) is 0 Å². The minimum Gasteiger partial charge on any atom is -0.0961 e. The van der Waals surface area contributed by atoms with Crippen molar-refractivity contribution in [2.75, 3.05) is 0 Å².